The van der Waals surface area contributed by atoms with Crippen LogP contribution in [0.3, 0.4) is 0 Å². The van der Waals surface area contributed by atoms with Crippen molar-refractivity contribution in [3.05, 3.63) is 203 Å². The minimum atomic E-state index is -0.687. The number of carbonyl (C=O) groups excluding carboxylic acids is 3. The number of thioether (sulfide) groups is 1. The maximum atomic E-state index is 14.1. The largest absolute Gasteiger partial charge is 0.321 e. The molecule has 0 saturated heterocycles. The molecule has 3 amide bonds. The van der Waals surface area contributed by atoms with Gasteiger partial charge in [-0.1, -0.05) is 139 Å². The summed E-state index contributed by atoms with van der Waals surface area (Å²) in [6.45, 7) is 2.01. The second-order valence-corrected chi connectivity index (χ2v) is 15.1. The molecule has 7 rings (SSSR count). The van der Waals surface area contributed by atoms with Crippen LogP contribution in [-0.4, -0.2) is 17.7 Å². The Morgan fingerprint density at radius 1 is 0.702 bits per heavy atom. The van der Waals surface area contributed by atoms with Crippen molar-refractivity contribution in [3.63, 3.8) is 0 Å². The number of nitrogens with one attached hydrogen (secondary N) is 3. The molecule has 1 aromatic heterocycles. The number of hydrogen-bond donors (Lipinski definition) is 3. The van der Waals surface area contributed by atoms with Crippen LogP contribution in [0, 0.1) is 18.3 Å². The minimum Gasteiger partial charge on any atom is -0.321 e. The maximum absolute atomic E-state index is 14.1. The number of aryl methyl sites for hydroxylation is 1. The van der Waals surface area contributed by atoms with Crippen molar-refractivity contribution in [2.75, 3.05) is 10.6 Å². The second-order valence-electron chi connectivity index (χ2n) is 13.1. The van der Waals surface area contributed by atoms with Crippen molar-refractivity contribution in [1.29, 1.82) is 5.26 Å². The molecule has 0 aliphatic heterocycles. The maximum Gasteiger partial charge on any atom is 0.272 e. The molecule has 6 aromatic carbocycles. The van der Waals surface area contributed by atoms with Gasteiger partial charge in [-0.25, -0.2) is 0 Å². The van der Waals surface area contributed by atoms with E-state index in [1.807, 2.05) is 134 Å². The van der Waals surface area contributed by atoms with E-state index in [0.29, 0.717) is 21.8 Å². The summed E-state index contributed by atoms with van der Waals surface area (Å²) in [5.74, 6) is -1.23. The molecule has 7 aromatic rings. The van der Waals surface area contributed by atoms with E-state index in [1.54, 1.807) is 48.5 Å². The van der Waals surface area contributed by atoms with Crippen molar-refractivity contribution in [1.82, 2.24) is 5.32 Å². The van der Waals surface area contributed by atoms with E-state index in [-0.39, 0.29) is 11.6 Å². The van der Waals surface area contributed by atoms with Gasteiger partial charge < -0.3 is 16.0 Å². The number of anilines is 2. The Morgan fingerprint density at radius 2 is 1.33 bits per heavy atom. The number of hydrogen-bond acceptors (Lipinski definition) is 6. The summed E-state index contributed by atoms with van der Waals surface area (Å²) >= 11 is 2.64. The average molecular weight is 781 g/mol. The van der Waals surface area contributed by atoms with Crippen LogP contribution in [0.4, 0.5) is 10.7 Å². The lowest BCUT2D eigenvalue weighted by molar-refractivity contribution is -0.116. The summed E-state index contributed by atoms with van der Waals surface area (Å²) in [7, 11) is 0. The fraction of sp³-hybridized carbons (Fsp3) is 0.0417. The summed E-state index contributed by atoms with van der Waals surface area (Å²) in [6, 6.07) is 53.3. The Balaban J connectivity index is 1.12. The molecule has 0 spiro atoms. The van der Waals surface area contributed by atoms with E-state index in [4.69, 9.17) is 0 Å². The quantitative estimate of drug-likeness (QED) is 0.0844. The number of carbonyl (C=O) groups is 3. The van der Waals surface area contributed by atoms with E-state index in [9.17, 15) is 19.6 Å². The Hall–Kier alpha value is -6.99. The zero-order chi connectivity index (χ0) is 39.6. The third-order valence-corrected chi connectivity index (χ3v) is 11.2. The average Bonchev–Trinajstić information content (AvgIpc) is 3.66. The zero-order valence-electron chi connectivity index (χ0n) is 30.8. The Bertz CT molecular complexity index is 2580. The highest BCUT2D eigenvalue weighted by atomic mass is 32.2. The van der Waals surface area contributed by atoms with E-state index in [1.165, 1.54) is 23.1 Å². The molecule has 0 radical (unpaired) electrons. The molecule has 0 bridgehead atoms. The van der Waals surface area contributed by atoms with Crippen molar-refractivity contribution in [2.24, 2.45) is 0 Å². The van der Waals surface area contributed by atoms with Crippen molar-refractivity contribution in [3.8, 4) is 28.3 Å². The highest BCUT2D eigenvalue weighted by molar-refractivity contribution is 8.00. The lowest BCUT2D eigenvalue weighted by atomic mass is 10.0. The van der Waals surface area contributed by atoms with Crippen LogP contribution in [0.2, 0.25) is 0 Å². The SMILES string of the molecule is Cc1ccc(-c2csc(NC(=O)C(Sc3cccc(NC(=O)/C(=C\c4ccc(-c5ccccc5)cc4)NC(=O)c4ccccc4)c3)c3ccccc3)c2C#N)cc1. The van der Waals surface area contributed by atoms with Crippen LogP contribution in [0.25, 0.3) is 28.3 Å². The Kier molecular flexibility index (Phi) is 12.2. The normalized spacial score (nSPS) is 11.5. The Labute approximate surface area is 339 Å². The van der Waals surface area contributed by atoms with Gasteiger partial charge in [0.05, 0.1) is 5.56 Å². The first-order valence-electron chi connectivity index (χ1n) is 18.1. The van der Waals surface area contributed by atoms with Gasteiger partial charge in [-0.2, -0.15) is 5.26 Å². The first-order chi connectivity index (χ1) is 27.8. The zero-order valence-corrected chi connectivity index (χ0v) is 32.4. The number of nitriles is 1. The molecule has 0 aliphatic rings. The smallest absolute Gasteiger partial charge is 0.272 e. The van der Waals surface area contributed by atoms with Gasteiger partial charge in [-0.3, -0.25) is 14.4 Å². The van der Waals surface area contributed by atoms with Crippen LogP contribution < -0.4 is 16.0 Å². The number of thiophene rings is 1. The highest BCUT2D eigenvalue weighted by Gasteiger charge is 2.25. The monoisotopic (exact) mass is 780 g/mol. The standard InChI is InChI=1S/C48H36N4O3S2/c1-32-20-24-36(25-21-32)42-31-56-48(41(42)30-49)52-47(55)44(37-14-7-3-8-15-37)57-40-19-11-18-39(29-40)50-46(54)43(51-45(53)38-16-9-4-10-17-38)28-33-22-26-35(27-23-33)34-12-5-2-6-13-34/h2-29,31,44H,1H3,(H,50,54)(H,51,53)(H,52,55)/b43-28+. The van der Waals surface area contributed by atoms with E-state index >= 15 is 0 Å². The van der Waals surface area contributed by atoms with Gasteiger partial charge in [0.2, 0.25) is 5.91 Å². The number of nitrogens with zero attached hydrogens (tertiary/aromatic N) is 1. The van der Waals surface area contributed by atoms with Gasteiger partial charge in [0, 0.05) is 27.1 Å². The number of amides is 3. The van der Waals surface area contributed by atoms with Crippen molar-refractivity contribution in [2.45, 2.75) is 17.1 Å². The Morgan fingerprint density at radius 3 is 2.02 bits per heavy atom. The topological polar surface area (TPSA) is 111 Å². The lowest BCUT2D eigenvalue weighted by Gasteiger charge is -2.17. The number of benzene rings is 6. The molecule has 0 aliphatic carbocycles. The van der Waals surface area contributed by atoms with Gasteiger partial charge >= 0.3 is 0 Å². The molecule has 1 heterocycles. The molecule has 0 fully saturated rings. The molecule has 1 unspecified atom stereocenters. The minimum absolute atomic E-state index is 0.0603. The van der Waals surface area contributed by atoms with E-state index in [2.05, 4.69) is 22.0 Å². The van der Waals surface area contributed by atoms with Gasteiger partial charge in [-0.05, 0) is 71.1 Å². The number of rotatable bonds is 12. The summed E-state index contributed by atoms with van der Waals surface area (Å²) < 4.78 is 0. The fourth-order valence-electron chi connectivity index (χ4n) is 6.08. The lowest BCUT2D eigenvalue weighted by Crippen LogP contribution is -2.30. The summed E-state index contributed by atoms with van der Waals surface area (Å²) in [5.41, 5.74) is 7.74. The third kappa shape index (κ3) is 9.64. The first-order valence-corrected chi connectivity index (χ1v) is 19.9. The molecule has 1 atom stereocenters. The predicted octanol–water partition coefficient (Wildman–Crippen LogP) is 11.1. The van der Waals surface area contributed by atoms with E-state index < -0.39 is 17.1 Å². The third-order valence-electron chi connectivity index (χ3n) is 9.05. The fourth-order valence-corrected chi connectivity index (χ4v) is 8.08. The van der Waals surface area contributed by atoms with Gasteiger partial charge in [0.25, 0.3) is 11.8 Å². The van der Waals surface area contributed by atoms with E-state index in [0.717, 1.165) is 43.8 Å². The molecule has 3 N–H and O–H groups in total. The molecular weight excluding hydrogens is 745 g/mol. The first kappa shape index (κ1) is 38.3. The van der Waals surface area contributed by atoms with Gasteiger partial charge in [-0.15, -0.1) is 23.1 Å². The highest BCUT2D eigenvalue weighted by Crippen LogP contribution is 2.40. The van der Waals surface area contributed by atoms with Crippen LogP contribution in [0.5, 0.6) is 0 Å². The molecule has 278 valence electrons. The predicted molar refractivity (Wildman–Crippen MR) is 232 cm³/mol. The molecule has 9 heteroatoms. The van der Waals surface area contributed by atoms with Crippen LogP contribution in [0.15, 0.2) is 180 Å². The summed E-state index contributed by atoms with van der Waals surface area (Å²) in [5, 5.41) is 20.6. The van der Waals surface area contributed by atoms with Crippen molar-refractivity contribution < 1.29 is 14.4 Å². The molecule has 57 heavy (non-hydrogen) atoms. The van der Waals surface area contributed by atoms with Crippen molar-refractivity contribution >= 4 is 57.6 Å². The van der Waals surface area contributed by atoms with Crippen LogP contribution >= 0.6 is 23.1 Å². The van der Waals surface area contributed by atoms with Gasteiger partial charge in [0.15, 0.2) is 0 Å². The van der Waals surface area contributed by atoms with Crippen LogP contribution in [-0.2, 0) is 9.59 Å². The van der Waals surface area contributed by atoms with Gasteiger partial charge in [0.1, 0.15) is 22.0 Å². The summed E-state index contributed by atoms with van der Waals surface area (Å²) in [6.07, 6.45) is 1.64. The molecule has 0 saturated carbocycles. The van der Waals surface area contributed by atoms with Crippen LogP contribution in [0.1, 0.15) is 37.9 Å². The molecular formula is C48H36N4O3S2. The summed E-state index contributed by atoms with van der Waals surface area (Å²) in [4.78, 5) is 42.0. The molecule has 7 nitrogen and oxygen atoms in total. The second kappa shape index (κ2) is 18.1.